The van der Waals surface area contributed by atoms with Crippen LogP contribution in [0.2, 0.25) is 5.02 Å². The van der Waals surface area contributed by atoms with Crippen molar-refractivity contribution in [1.29, 1.82) is 0 Å². The summed E-state index contributed by atoms with van der Waals surface area (Å²) >= 11 is 5.90. The van der Waals surface area contributed by atoms with Crippen LogP contribution < -0.4 is 10.1 Å². The van der Waals surface area contributed by atoms with E-state index in [0.29, 0.717) is 23.7 Å². The first-order chi connectivity index (χ1) is 18.0. The van der Waals surface area contributed by atoms with Crippen molar-refractivity contribution in [2.24, 2.45) is 0 Å². The summed E-state index contributed by atoms with van der Waals surface area (Å²) in [5, 5.41) is 3.63. The number of nitrogens with one attached hydrogen (secondary N) is 1. The molecular formula is C31H36ClN3O2. The van der Waals surface area contributed by atoms with Crippen molar-refractivity contribution in [1.82, 2.24) is 14.9 Å². The quantitative estimate of drug-likeness (QED) is 0.189. The van der Waals surface area contributed by atoms with Crippen molar-refractivity contribution in [2.45, 2.75) is 58.9 Å². The number of hydrogen-bond acceptors (Lipinski definition) is 3. The van der Waals surface area contributed by atoms with Gasteiger partial charge in [0.25, 0.3) is 5.91 Å². The Hall–Kier alpha value is -3.31. The molecule has 1 amide bonds. The van der Waals surface area contributed by atoms with Crippen molar-refractivity contribution in [3.8, 4) is 5.75 Å². The lowest BCUT2D eigenvalue weighted by molar-refractivity contribution is 0.0953. The van der Waals surface area contributed by atoms with Gasteiger partial charge in [-0.1, -0.05) is 42.3 Å². The van der Waals surface area contributed by atoms with Gasteiger partial charge in [-0.2, -0.15) is 0 Å². The van der Waals surface area contributed by atoms with Gasteiger partial charge in [-0.3, -0.25) is 4.79 Å². The normalized spacial score (nSPS) is 11.1. The van der Waals surface area contributed by atoms with Crippen LogP contribution in [0.25, 0.3) is 11.0 Å². The summed E-state index contributed by atoms with van der Waals surface area (Å²) in [4.78, 5) is 17.2. The van der Waals surface area contributed by atoms with Crippen LogP contribution in [0.5, 0.6) is 5.75 Å². The Morgan fingerprint density at radius 1 is 0.919 bits per heavy atom. The first-order valence-electron chi connectivity index (χ1n) is 13.2. The number of carbonyl (C=O) groups excluding carboxylic acids is 1. The lowest BCUT2D eigenvalue weighted by Gasteiger charge is -2.12. The van der Waals surface area contributed by atoms with Crippen LogP contribution in [-0.2, 0) is 13.0 Å². The molecule has 0 saturated heterocycles. The second-order valence-electron chi connectivity index (χ2n) is 9.50. The van der Waals surface area contributed by atoms with Crippen molar-refractivity contribution in [3.63, 3.8) is 0 Å². The number of unbranched alkanes of at least 4 members (excludes halogenated alkanes) is 3. The molecule has 1 aromatic heterocycles. The maximum atomic E-state index is 12.2. The highest BCUT2D eigenvalue weighted by Gasteiger charge is 2.11. The van der Waals surface area contributed by atoms with E-state index >= 15 is 0 Å². The van der Waals surface area contributed by atoms with Gasteiger partial charge in [-0.15, -0.1) is 0 Å². The predicted octanol–water partition coefficient (Wildman–Crippen LogP) is 7.31. The third-order valence-electron chi connectivity index (χ3n) is 6.79. The van der Waals surface area contributed by atoms with E-state index in [1.807, 2.05) is 12.1 Å². The molecule has 0 aliphatic carbocycles. The molecular weight excluding hydrogens is 482 g/mol. The van der Waals surface area contributed by atoms with E-state index in [1.54, 1.807) is 24.3 Å². The van der Waals surface area contributed by atoms with E-state index in [2.05, 4.69) is 54.1 Å². The van der Waals surface area contributed by atoms with E-state index in [9.17, 15) is 4.79 Å². The highest BCUT2D eigenvalue weighted by atomic mass is 35.5. The molecule has 6 heteroatoms. The Labute approximate surface area is 224 Å². The smallest absolute Gasteiger partial charge is 0.251 e. The fourth-order valence-corrected chi connectivity index (χ4v) is 4.62. The molecule has 0 saturated carbocycles. The number of rotatable bonds is 13. The molecule has 1 heterocycles. The number of nitrogens with zero attached hydrogens (tertiary/aromatic N) is 2. The van der Waals surface area contributed by atoms with Crippen molar-refractivity contribution >= 4 is 28.5 Å². The number of halogens is 1. The van der Waals surface area contributed by atoms with Crippen LogP contribution in [0.3, 0.4) is 0 Å². The van der Waals surface area contributed by atoms with E-state index in [4.69, 9.17) is 21.3 Å². The van der Waals surface area contributed by atoms with Gasteiger partial charge in [-0.25, -0.2) is 4.98 Å². The number of fused-ring (bicyclic) bond motifs is 1. The fraction of sp³-hybridized carbons (Fsp3) is 0.355. The molecule has 0 bridgehead atoms. The average Bonchev–Trinajstić information content (AvgIpc) is 3.25. The minimum Gasteiger partial charge on any atom is -0.493 e. The van der Waals surface area contributed by atoms with Gasteiger partial charge in [0.2, 0.25) is 0 Å². The second-order valence-corrected chi connectivity index (χ2v) is 9.93. The van der Waals surface area contributed by atoms with Gasteiger partial charge in [0.15, 0.2) is 0 Å². The molecule has 37 heavy (non-hydrogen) atoms. The number of imidazole rings is 1. The van der Waals surface area contributed by atoms with E-state index in [-0.39, 0.29) is 5.91 Å². The molecule has 1 N–H and O–H groups in total. The maximum absolute atomic E-state index is 12.2. The Balaban J connectivity index is 1.22. The molecule has 0 unspecified atom stereocenters. The van der Waals surface area contributed by atoms with Gasteiger partial charge >= 0.3 is 0 Å². The van der Waals surface area contributed by atoms with Crippen LogP contribution in [0.1, 0.15) is 59.4 Å². The van der Waals surface area contributed by atoms with Crippen molar-refractivity contribution in [3.05, 3.63) is 94.3 Å². The first-order valence-corrected chi connectivity index (χ1v) is 13.6. The fourth-order valence-electron chi connectivity index (χ4n) is 4.49. The Bertz CT molecular complexity index is 1310. The summed E-state index contributed by atoms with van der Waals surface area (Å²) in [5.41, 5.74) is 5.37. The molecule has 4 aromatic rings. The molecule has 0 aliphatic rings. The van der Waals surface area contributed by atoms with Crippen LogP contribution >= 0.6 is 11.6 Å². The van der Waals surface area contributed by atoms with Crippen molar-refractivity contribution in [2.75, 3.05) is 13.2 Å². The number of aryl methyl sites for hydroxylation is 3. The van der Waals surface area contributed by atoms with E-state index in [1.165, 1.54) is 16.6 Å². The number of amides is 1. The molecule has 194 valence electrons. The third kappa shape index (κ3) is 7.36. The SMILES string of the molecule is Cc1cccc(OCCCCn2c(CCCCCNC(=O)c3ccc(Cl)cc3)nc3ccccc32)c1C. The molecule has 4 rings (SSSR count). The van der Waals surface area contributed by atoms with E-state index in [0.717, 1.165) is 62.2 Å². The maximum Gasteiger partial charge on any atom is 0.251 e. The monoisotopic (exact) mass is 517 g/mol. The highest BCUT2D eigenvalue weighted by molar-refractivity contribution is 6.30. The molecule has 0 atom stereocenters. The van der Waals surface area contributed by atoms with Crippen LogP contribution in [0, 0.1) is 13.8 Å². The Morgan fingerprint density at radius 2 is 1.73 bits per heavy atom. The van der Waals surface area contributed by atoms with Crippen molar-refractivity contribution < 1.29 is 9.53 Å². The minimum atomic E-state index is -0.0556. The van der Waals surface area contributed by atoms with Gasteiger partial charge in [0.05, 0.1) is 17.6 Å². The number of carbonyl (C=O) groups is 1. The summed E-state index contributed by atoms with van der Waals surface area (Å²) in [6.07, 6.45) is 5.97. The summed E-state index contributed by atoms with van der Waals surface area (Å²) in [7, 11) is 0. The average molecular weight is 518 g/mol. The zero-order chi connectivity index (χ0) is 26.0. The molecule has 5 nitrogen and oxygen atoms in total. The van der Waals surface area contributed by atoms with E-state index < -0.39 is 0 Å². The van der Waals surface area contributed by atoms with Gasteiger partial charge in [-0.05, 0) is 93.1 Å². The predicted molar refractivity (Wildman–Crippen MR) is 152 cm³/mol. The van der Waals surface area contributed by atoms with Crippen LogP contribution in [-0.4, -0.2) is 28.6 Å². The zero-order valence-electron chi connectivity index (χ0n) is 21.8. The van der Waals surface area contributed by atoms with Crippen LogP contribution in [0.4, 0.5) is 0 Å². The van der Waals surface area contributed by atoms with Gasteiger partial charge < -0.3 is 14.6 Å². The first kappa shape index (κ1) is 26.7. The molecule has 0 fully saturated rings. The van der Waals surface area contributed by atoms with Gasteiger partial charge in [0, 0.05) is 30.1 Å². The van der Waals surface area contributed by atoms with Crippen LogP contribution in [0.15, 0.2) is 66.7 Å². The lowest BCUT2D eigenvalue weighted by atomic mass is 10.1. The summed E-state index contributed by atoms with van der Waals surface area (Å²) < 4.78 is 8.42. The minimum absolute atomic E-state index is 0.0556. The Morgan fingerprint density at radius 3 is 2.57 bits per heavy atom. The number of benzene rings is 3. The Kier molecular flexibility index (Phi) is 9.61. The van der Waals surface area contributed by atoms with Gasteiger partial charge in [0.1, 0.15) is 11.6 Å². The number of aromatic nitrogens is 2. The molecule has 0 spiro atoms. The number of para-hydroxylation sites is 2. The summed E-state index contributed by atoms with van der Waals surface area (Å²) in [6.45, 7) is 6.54. The summed E-state index contributed by atoms with van der Waals surface area (Å²) in [6, 6.07) is 21.6. The zero-order valence-corrected chi connectivity index (χ0v) is 22.6. The largest absolute Gasteiger partial charge is 0.493 e. The summed E-state index contributed by atoms with van der Waals surface area (Å²) in [5.74, 6) is 2.07. The molecule has 0 radical (unpaired) electrons. The second kappa shape index (κ2) is 13.3. The number of ether oxygens (including phenoxy) is 1. The standard InChI is InChI=1S/C31H36ClN3O2/c1-23-11-10-14-29(24(23)2)37-22-9-8-21-35-28-13-6-5-12-27(28)34-30(35)15-4-3-7-20-33-31(36)25-16-18-26(32)19-17-25/h5-6,10-14,16-19H,3-4,7-9,15,20-22H2,1-2H3,(H,33,36). The highest BCUT2D eigenvalue weighted by Crippen LogP contribution is 2.22. The topological polar surface area (TPSA) is 56.1 Å². The molecule has 0 aliphatic heterocycles. The lowest BCUT2D eigenvalue weighted by Crippen LogP contribution is -2.24. The molecule has 3 aromatic carbocycles. The third-order valence-corrected chi connectivity index (χ3v) is 7.04. The number of hydrogen-bond donors (Lipinski definition) is 1.